The Labute approximate surface area is 444 Å². The van der Waals surface area contributed by atoms with Gasteiger partial charge in [0.1, 0.15) is 11.5 Å². The van der Waals surface area contributed by atoms with E-state index in [-0.39, 0.29) is 44.1 Å². The summed E-state index contributed by atoms with van der Waals surface area (Å²) in [6.45, 7) is 5.67. The molecule has 0 spiro atoms. The van der Waals surface area contributed by atoms with E-state index in [1.807, 2.05) is 4.90 Å². The number of hydrogen-bond acceptors (Lipinski definition) is 8. The van der Waals surface area contributed by atoms with Crippen molar-refractivity contribution in [2.45, 2.75) is 224 Å². The first-order valence-corrected chi connectivity index (χ1v) is 30.2. The molecule has 0 aliphatic heterocycles. The van der Waals surface area contributed by atoms with Gasteiger partial charge in [0.05, 0.1) is 38.1 Å². The van der Waals surface area contributed by atoms with Crippen LogP contribution in [0.3, 0.4) is 0 Å². The summed E-state index contributed by atoms with van der Waals surface area (Å²) in [7, 11) is -4.19. The van der Waals surface area contributed by atoms with Crippen LogP contribution >= 0.6 is 11.6 Å². The van der Waals surface area contributed by atoms with Gasteiger partial charge in [0, 0.05) is 23.9 Å². The highest BCUT2D eigenvalue weighted by molar-refractivity contribution is 7.92. The molecule has 4 aromatic rings. The van der Waals surface area contributed by atoms with Gasteiger partial charge in [-0.2, -0.15) is 10.2 Å². The molecule has 0 aliphatic carbocycles. The number of nitrogens with one attached hydrogen (secondary N) is 1. The van der Waals surface area contributed by atoms with Crippen LogP contribution < -0.4 is 10.5 Å². The number of phenolic OH excluding ortho intramolecular Hbond substituents is 1. The smallest absolute Gasteiger partial charge is 0.261 e. The standard InChI is InChI=1S/C60H90ClN5O6S/c1-3-5-7-9-11-13-15-17-19-21-23-25-27-29-31-35-43-66(44-36-32-30-28-26-24-22-20-18-16-14-12-10-8-6-4-2)60(70)54-47-56(51-37-33-34-38-52(51)57(54)67)65-73(71,72)50-41-39-48(40-42-50)63-64-49-45-53(59(62)69)58(68)55(61)46-49/h33-34,37-42,45-47,65,67-68H,3-32,35-36,43-44H2,1-2H3,(H2,62,69)/b64-63+. The van der Waals surface area contributed by atoms with Crippen LogP contribution in [-0.2, 0) is 10.0 Å². The maximum Gasteiger partial charge on any atom is 0.261 e. The predicted molar refractivity (Wildman–Crippen MR) is 304 cm³/mol. The molecule has 0 unspecified atom stereocenters. The number of azo groups is 1. The maximum absolute atomic E-state index is 14.6. The van der Waals surface area contributed by atoms with Crippen LogP contribution in [0.4, 0.5) is 17.1 Å². The molecule has 0 saturated carbocycles. The minimum absolute atomic E-state index is 0.0613. The number of anilines is 1. The average Bonchev–Trinajstić information content (AvgIpc) is 3.38. The molecule has 73 heavy (non-hydrogen) atoms. The van der Waals surface area contributed by atoms with Gasteiger partial charge in [-0.1, -0.05) is 242 Å². The van der Waals surface area contributed by atoms with Gasteiger partial charge in [0.15, 0.2) is 0 Å². The largest absolute Gasteiger partial charge is 0.506 e. The molecule has 0 bridgehead atoms. The van der Waals surface area contributed by atoms with E-state index < -0.39 is 21.7 Å². The number of aromatic hydroxyl groups is 2. The molecule has 0 heterocycles. The third-order valence-corrected chi connectivity index (χ3v) is 15.8. The van der Waals surface area contributed by atoms with Crippen LogP contribution in [0.1, 0.15) is 240 Å². The molecule has 4 rings (SSSR count). The minimum Gasteiger partial charge on any atom is -0.506 e. The molecule has 404 valence electrons. The summed E-state index contributed by atoms with van der Waals surface area (Å²) < 4.78 is 30.6. The monoisotopic (exact) mass is 1040 g/mol. The Balaban J connectivity index is 1.36. The Morgan fingerprint density at radius 3 is 1.34 bits per heavy atom. The lowest BCUT2D eigenvalue weighted by molar-refractivity contribution is 0.0746. The fraction of sp³-hybridized carbons (Fsp3) is 0.600. The van der Waals surface area contributed by atoms with Gasteiger partial charge in [-0.05, 0) is 55.3 Å². The number of unbranched alkanes of at least 4 members (excludes halogenated alkanes) is 30. The first-order chi connectivity index (χ1) is 35.5. The fourth-order valence-electron chi connectivity index (χ4n) is 9.64. The number of amides is 2. The van der Waals surface area contributed by atoms with Gasteiger partial charge in [0.2, 0.25) is 0 Å². The van der Waals surface area contributed by atoms with E-state index in [0.717, 1.165) is 38.5 Å². The number of nitrogens with two attached hydrogens (primary N) is 1. The average molecular weight is 1040 g/mol. The second-order valence-electron chi connectivity index (χ2n) is 20.3. The third kappa shape index (κ3) is 22.8. The number of rotatable bonds is 41. The highest BCUT2D eigenvalue weighted by atomic mass is 35.5. The van der Waals surface area contributed by atoms with Gasteiger partial charge in [0.25, 0.3) is 21.8 Å². The Morgan fingerprint density at radius 2 is 0.918 bits per heavy atom. The number of hydrogen-bond donors (Lipinski definition) is 4. The number of carbonyl (C=O) groups is 2. The lowest BCUT2D eigenvalue weighted by Crippen LogP contribution is -2.33. The zero-order valence-corrected chi connectivity index (χ0v) is 46.2. The highest BCUT2D eigenvalue weighted by Gasteiger charge is 2.25. The Bertz CT molecular complexity index is 2320. The number of phenols is 2. The molecule has 0 atom stereocenters. The number of nitrogens with zero attached hydrogens (tertiary/aromatic N) is 3. The third-order valence-electron chi connectivity index (χ3n) is 14.1. The van der Waals surface area contributed by atoms with Gasteiger partial charge in [-0.3, -0.25) is 14.3 Å². The van der Waals surface area contributed by atoms with E-state index in [4.69, 9.17) is 17.3 Å². The van der Waals surface area contributed by atoms with E-state index in [0.29, 0.717) is 29.5 Å². The second kappa shape index (κ2) is 35.5. The number of fused-ring (bicyclic) bond motifs is 1. The number of benzene rings is 4. The second-order valence-corrected chi connectivity index (χ2v) is 22.3. The van der Waals surface area contributed by atoms with Crippen molar-refractivity contribution in [3.05, 3.63) is 82.9 Å². The molecule has 0 saturated heterocycles. The summed E-state index contributed by atoms with van der Waals surface area (Å²) in [6.07, 6.45) is 40.6. The van der Waals surface area contributed by atoms with Crippen molar-refractivity contribution in [1.29, 1.82) is 0 Å². The zero-order valence-electron chi connectivity index (χ0n) is 44.6. The number of carbonyl (C=O) groups excluding carboxylic acids is 2. The first kappa shape index (κ1) is 60.9. The van der Waals surface area contributed by atoms with Gasteiger partial charge in [-0.15, -0.1) is 0 Å². The molecular formula is C60H90ClN5O6S. The van der Waals surface area contributed by atoms with Crippen molar-refractivity contribution in [3.63, 3.8) is 0 Å². The molecule has 0 aliphatic rings. The first-order valence-electron chi connectivity index (χ1n) is 28.4. The van der Waals surface area contributed by atoms with Crippen molar-refractivity contribution in [2.24, 2.45) is 16.0 Å². The number of sulfonamides is 1. The van der Waals surface area contributed by atoms with Crippen LogP contribution in [0.5, 0.6) is 11.5 Å². The van der Waals surface area contributed by atoms with E-state index >= 15 is 0 Å². The summed E-state index contributed by atoms with van der Waals surface area (Å²) in [5.41, 5.74) is 5.85. The molecule has 11 nitrogen and oxygen atoms in total. The summed E-state index contributed by atoms with van der Waals surface area (Å²) in [4.78, 5) is 28.1. The summed E-state index contributed by atoms with van der Waals surface area (Å²) in [5, 5.41) is 30.6. The SMILES string of the molecule is CCCCCCCCCCCCCCCCCCN(CCCCCCCCCCCCCCCCCC)C(=O)c1cc(NS(=O)(=O)c2ccc(/N=N/c3cc(Cl)c(O)c(C(N)=O)c3)cc2)c2ccccc2c1O. The molecule has 2 amide bonds. The molecule has 5 N–H and O–H groups in total. The van der Waals surface area contributed by atoms with E-state index in [1.165, 1.54) is 209 Å². The Kier molecular flexibility index (Phi) is 29.6. The molecule has 0 radical (unpaired) electrons. The molecule has 0 fully saturated rings. The highest BCUT2D eigenvalue weighted by Crippen LogP contribution is 2.37. The van der Waals surface area contributed by atoms with Crippen LogP contribution in [0, 0.1) is 0 Å². The lowest BCUT2D eigenvalue weighted by atomic mass is 10.0. The topological polar surface area (TPSA) is 175 Å². The summed E-state index contributed by atoms with van der Waals surface area (Å²) in [5.74, 6) is -1.82. The van der Waals surface area contributed by atoms with Crippen LogP contribution in [0.15, 0.2) is 81.9 Å². The molecule has 13 heteroatoms. The Hall–Kier alpha value is -4.68. The zero-order chi connectivity index (χ0) is 52.5. The Morgan fingerprint density at radius 1 is 0.521 bits per heavy atom. The summed E-state index contributed by atoms with van der Waals surface area (Å²) in [6, 6.07) is 16.7. The van der Waals surface area contributed by atoms with Crippen LogP contribution in [-0.4, -0.2) is 48.4 Å². The van der Waals surface area contributed by atoms with E-state index in [2.05, 4.69) is 28.8 Å². The minimum atomic E-state index is -4.19. The van der Waals surface area contributed by atoms with Crippen LogP contribution in [0.25, 0.3) is 10.8 Å². The van der Waals surface area contributed by atoms with Crippen molar-refractivity contribution >= 4 is 61.3 Å². The predicted octanol–water partition coefficient (Wildman–Crippen LogP) is 18.2. The van der Waals surface area contributed by atoms with Gasteiger partial charge in [-0.25, -0.2) is 8.42 Å². The molecular weight excluding hydrogens is 954 g/mol. The van der Waals surface area contributed by atoms with E-state index in [9.17, 15) is 28.2 Å². The van der Waals surface area contributed by atoms with Crippen molar-refractivity contribution in [3.8, 4) is 11.5 Å². The van der Waals surface area contributed by atoms with E-state index in [1.54, 1.807) is 24.3 Å². The lowest BCUT2D eigenvalue weighted by Gasteiger charge is -2.24. The van der Waals surface area contributed by atoms with Crippen LogP contribution in [0.2, 0.25) is 5.02 Å². The van der Waals surface area contributed by atoms with Gasteiger partial charge >= 0.3 is 0 Å². The summed E-state index contributed by atoms with van der Waals surface area (Å²) >= 11 is 6.04. The number of primary amides is 1. The maximum atomic E-state index is 14.6. The van der Waals surface area contributed by atoms with Crippen molar-refractivity contribution in [2.75, 3.05) is 17.8 Å². The molecule has 0 aromatic heterocycles. The fourth-order valence-corrected chi connectivity index (χ4v) is 10.9. The van der Waals surface area contributed by atoms with Crippen molar-refractivity contribution < 1.29 is 28.2 Å². The molecule has 4 aromatic carbocycles. The normalized spacial score (nSPS) is 11.8. The van der Waals surface area contributed by atoms with Crippen molar-refractivity contribution in [1.82, 2.24) is 4.90 Å². The quantitative estimate of drug-likeness (QED) is 0.0195. The van der Waals surface area contributed by atoms with Gasteiger partial charge < -0.3 is 20.8 Å². The number of halogens is 1.